The minimum atomic E-state index is -0.576. The molecular weight excluding hydrogens is 495 g/mol. The minimum Gasteiger partial charge on any atom is -0.336 e. The topological polar surface area (TPSA) is 94.7 Å². The Labute approximate surface area is 224 Å². The van der Waals surface area contributed by atoms with Crippen molar-refractivity contribution in [3.63, 3.8) is 0 Å². The Bertz CT molecular complexity index is 1850. The first kappa shape index (κ1) is 26.0. The second-order valence-electron chi connectivity index (χ2n) is 10.7. The van der Waals surface area contributed by atoms with Crippen molar-refractivity contribution in [2.75, 3.05) is 5.32 Å². The Morgan fingerprint density at radius 1 is 0.949 bits per heavy atom. The van der Waals surface area contributed by atoms with Gasteiger partial charge in [-0.25, -0.2) is 14.1 Å². The maximum absolute atomic E-state index is 15.2. The standard InChI is InChI=1S/C30H29FN6O2/c1-17-10-11-26(32-15-17)34-24-14-23(35-36(6)28(24)38)21-8-7-9-25(18(21)2)37-29(39)27-19(16-33-37)12-20(13-22(27)31)30(3,4)5/h7-16H,1-6H3,(H,32,34). The maximum atomic E-state index is 15.2. The van der Waals surface area contributed by atoms with E-state index in [4.69, 9.17) is 0 Å². The van der Waals surface area contributed by atoms with Crippen LogP contribution in [0.5, 0.6) is 0 Å². The summed E-state index contributed by atoms with van der Waals surface area (Å²) in [4.78, 5) is 30.6. The molecule has 5 aromatic rings. The fraction of sp³-hybridized carbons (Fsp3) is 0.233. The summed E-state index contributed by atoms with van der Waals surface area (Å²) in [5, 5.41) is 12.4. The number of nitrogens with zero attached hydrogens (tertiary/aromatic N) is 5. The summed E-state index contributed by atoms with van der Waals surface area (Å²) in [7, 11) is 1.57. The lowest BCUT2D eigenvalue weighted by molar-refractivity contribution is 0.576. The summed E-state index contributed by atoms with van der Waals surface area (Å²) in [5.41, 5.74) is 3.36. The number of hydrogen-bond donors (Lipinski definition) is 1. The van der Waals surface area contributed by atoms with E-state index in [2.05, 4.69) is 20.5 Å². The third-order valence-corrected chi connectivity index (χ3v) is 6.75. The molecule has 0 spiro atoms. The molecule has 0 fully saturated rings. The van der Waals surface area contributed by atoms with Gasteiger partial charge in [0.25, 0.3) is 11.1 Å². The Morgan fingerprint density at radius 3 is 2.41 bits per heavy atom. The van der Waals surface area contributed by atoms with Crippen LogP contribution in [0, 0.1) is 19.7 Å². The molecule has 0 saturated carbocycles. The summed E-state index contributed by atoms with van der Waals surface area (Å²) < 4.78 is 17.7. The van der Waals surface area contributed by atoms with E-state index in [0.29, 0.717) is 39.4 Å². The van der Waals surface area contributed by atoms with Gasteiger partial charge in [-0.3, -0.25) is 9.59 Å². The summed E-state index contributed by atoms with van der Waals surface area (Å²) in [6, 6.07) is 13.9. The van der Waals surface area contributed by atoms with Crippen molar-refractivity contribution in [3.05, 3.63) is 104 Å². The van der Waals surface area contributed by atoms with Gasteiger partial charge in [-0.1, -0.05) is 39.0 Å². The Balaban J connectivity index is 1.62. The van der Waals surface area contributed by atoms with Crippen LogP contribution in [0.1, 0.15) is 37.5 Å². The molecule has 198 valence electrons. The van der Waals surface area contributed by atoms with E-state index in [1.165, 1.54) is 21.6 Å². The van der Waals surface area contributed by atoms with Crippen molar-refractivity contribution in [3.8, 4) is 16.9 Å². The molecule has 3 aromatic heterocycles. The Hall–Kier alpha value is -4.66. The van der Waals surface area contributed by atoms with Gasteiger partial charge in [-0.15, -0.1) is 0 Å². The average molecular weight is 525 g/mol. The van der Waals surface area contributed by atoms with Crippen LogP contribution in [0.15, 0.2) is 70.5 Å². The Morgan fingerprint density at radius 2 is 1.72 bits per heavy atom. The third kappa shape index (κ3) is 4.83. The Kier molecular flexibility index (Phi) is 6.38. The summed E-state index contributed by atoms with van der Waals surface area (Å²) in [6.45, 7) is 9.74. The smallest absolute Gasteiger partial charge is 0.290 e. The molecule has 0 aliphatic rings. The number of rotatable bonds is 4. The molecule has 0 aliphatic carbocycles. The van der Waals surface area contributed by atoms with E-state index in [9.17, 15) is 9.59 Å². The zero-order valence-corrected chi connectivity index (χ0v) is 22.7. The van der Waals surface area contributed by atoms with E-state index in [1.807, 2.05) is 52.8 Å². The second-order valence-corrected chi connectivity index (χ2v) is 10.7. The van der Waals surface area contributed by atoms with Crippen LogP contribution in [-0.4, -0.2) is 24.5 Å². The van der Waals surface area contributed by atoms with Gasteiger partial charge in [-0.2, -0.15) is 14.9 Å². The predicted octanol–water partition coefficient (Wildman–Crippen LogP) is 5.34. The lowest BCUT2D eigenvalue weighted by Gasteiger charge is -2.20. The van der Waals surface area contributed by atoms with Crippen LogP contribution in [0.25, 0.3) is 27.7 Å². The number of pyridine rings is 1. The van der Waals surface area contributed by atoms with Crippen LogP contribution in [0.3, 0.4) is 0 Å². The van der Waals surface area contributed by atoms with Crippen molar-refractivity contribution in [1.82, 2.24) is 24.5 Å². The third-order valence-electron chi connectivity index (χ3n) is 6.75. The van der Waals surface area contributed by atoms with Crippen LogP contribution >= 0.6 is 0 Å². The number of hydrogen-bond acceptors (Lipinski definition) is 6. The van der Waals surface area contributed by atoms with Gasteiger partial charge >= 0.3 is 0 Å². The molecule has 9 heteroatoms. The van der Waals surface area contributed by atoms with Gasteiger partial charge in [0.15, 0.2) is 0 Å². The van der Waals surface area contributed by atoms with Gasteiger partial charge in [0.1, 0.15) is 17.3 Å². The van der Waals surface area contributed by atoms with E-state index in [-0.39, 0.29) is 16.4 Å². The average Bonchev–Trinajstić information content (AvgIpc) is 2.88. The quantitative estimate of drug-likeness (QED) is 0.341. The molecule has 2 aromatic carbocycles. The molecule has 0 atom stereocenters. The van der Waals surface area contributed by atoms with Crippen molar-refractivity contribution < 1.29 is 4.39 Å². The highest BCUT2D eigenvalue weighted by atomic mass is 19.1. The van der Waals surface area contributed by atoms with E-state index < -0.39 is 11.4 Å². The molecule has 3 heterocycles. The first-order chi connectivity index (χ1) is 18.4. The first-order valence-corrected chi connectivity index (χ1v) is 12.5. The highest BCUT2D eigenvalue weighted by molar-refractivity contribution is 5.83. The van der Waals surface area contributed by atoms with E-state index >= 15 is 4.39 Å². The number of nitrogens with one attached hydrogen (secondary N) is 1. The number of benzene rings is 2. The number of halogens is 1. The molecule has 5 rings (SSSR count). The van der Waals surface area contributed by atoms with Gasteiger partial charge in [0, 0.05) is 24.2 Å². The van der Waals surface area contributed by atoms with Crippen molar-refractivity contribution in [2.24, 2.45) is 7.05 Å². The molecule has 1 N–H and O–H groups in total. The first-order valence-electron chi connectivity index (χ1n) is 12.5. The largest absolute Gasteiger partial charge is 0.336 e. The molecule has 0 radical (unpaired) electrons. The molecule has 0 aliphatic heterocycles. The summed E-state index contributed by atoms with van der Waals surface area (Å²) in [6.07, 6.45) is 3.23. The highest BCUT2D eigenvalue weighted by Gasteiger charge is 2.20. The number of aromatic nitrogens is 5. The minimum absolute atomic E-state index is 0.0138. The molecular formula is C30H29FN6O2. The monoisotopic (exact) mass is 524 g/mol. The highest BCUT2D eigenvalue weighted by Crippen LogP contribution is 2.29. The van der Waals surface area contributed by atoms with Gasteiger partial charge < -0.3 is 5.32 Å². The van der Waals surface area contributed by atoms with Crippen LogP contribution in [0.4, 0.5) is 15.9 Å². The zero-order chi connectivity index (χ0) is 28.1. The lowest BCUT2D eigenvalue weighted by Crippen LogP contribution is -2.24. The van der Waals surface area contributed by atoms with Gasteiger partial charge in [0.05, 0.1) is 23.0 Å². The fourth-order valence-electron chi connectivity index (χ4n) is 4.48. The van der Waals surface area contributed by atoms with Gasteiger partial charge in [-0.05, 0) is 66.3 Å². The summed E-state index contributed by atoms with van der Waals surface area (Å²) >= 11 is 0. The van der Waals surface area contributed by atoms with E-state index in [1.54, 1.807) is 37.5 Å². The summed E-state index contributed by atoms with van der Waals surface area (Å²) in [5.74, 6) is -0.0450. The molecule has 0 saturated heterocycles. The van der Waals surface area contributed by atoms with Crippen molar-refractivity contribution in [1.29, 1.82) is 0 Å². The number of fused-ring (bicyclic) bond motifs is 1. The van der Waals surface area contributed by atoms with Crippen molar-refractivity contribution in [2.45, 2.75) is 40.0 Å². The predicted molar refractivity (Wildman–Crippen MR) is 151 cm³/mol. The number of aryl methyl sites for hydroxylation is 2. The SMILES string of the molecule is Cc1ccc(Nc2cc(-c3cccc(-n4ncc5cc(C(C)(C)C)cc(F)c5c4=O)c3C)nn(C)c2=O)nc1. The van der Waals surface area contributed by atoms with Crippen LogP contribution in [0.2, 0.25) is 0 Å². The molecule has 0 unspecified atom stereocenters. The molecule has 8 nitrogen and oxygen atoms in total. The van der Waals surface area contributed by atoms with Crippen LogP contribution in [-0.2, 0) is 12.5 Å². The number of anilines is 2. The maximum Gasteiger partial charge on any atom is 0.290 e. The zero-order valence-electron chi connectivity index (χ0n) is 22.7. The second kappa shape index (κ2) is 9.58. The van der Waals surface area contributed by atoms with Crippen molar-refractivity contribution >= 4 is 22.3 Å². The molecule has 39 heavy (non-hydrogen) atoms. The molecule has 0 amide bonds. The van der Waals surface area contributed by atoms with Crippen LogP contribution < -0.4 is 16.4 Å². The van der Waals surface area contributed by atoms with E-state index in [0.717, 1.165) is 11.1 Å². The normalized spacial score (nSPS) is 11.7. The van der Waals surface area contributed by atoms with Gasteiger partial charge in [0.2, 0.25) is 0 Å². The molecule has 0 bridgehead atoms. The lowest BCUT2D eigenvalue weighted by atomic mass is 9.86. The fourth-order valence-corrected chi connectivity index (χ4v) is 4.48.